The fourth-order valence-corrected chi connectivity index (χ4v) is 3.03. The molecule has 106 valence electrons. The first-order valence-electron chi connectivity index (χ1n) is 7.15. The molecule has 0 aliphatic heterocycles. The van der Waals surface area contributed by atoms with Crippen LogP contribution in [0.2, 0.25) is 0 Å². The van der Waals surface area contributed by atoms with Gasteiger partial charge in [0.1, 0.15) is 17.4 Å². The van der Waals surface area contributed by atoms with Gasteiger partial charge in [-0.15, -0.1) is 0 Å². The molecule has 1 aromatic heterocycles. The number of hydrogen-bond acceptors (Lipinski definition) is 2. The van der Waals surface area contributed by atoms with Gasteiger partial charge in [-0.05, 0) is 37.3 Å². The molecule has 0 fully saturated rings. The molecule has 1 N–H and O–H groups in total. The summed E-state index contributed by atoms with van der Waals surface area (Å²) in [6.45, 7) is 0. The Labute approximate surface area is 122 Å². The van der Waals surface area contributed by atoms with Crippen LogP contribution >= 0.6 is 0 Å². The Morgan fingerprint density at radius 3 is 2.67 bits per heavy atom. The van der Waals surface area contributed by atoms with Crippen LogP contribution < -0.4 is 5.56 Å². The minimum Gasteiger partial charge on any atom is -0.325 e. The lowest BCUT2D eigenvalue weighted by Gasteiger charge is -2.14. The van der Waals surface area contributed by atoms with Gasteiger partial charge in [0.15, 0.2) is 0 Å². The summed E-state index contributed by atoms with van der Waals surface area (Å²) in [6, 6.07) is 8.28. The number of aryl methyl sites for hydroxylation is 1. The number of nitriles is 1. The fraction of sp³-hybridized carbons (Fsp3) is 0.294. The van der Waals surface area contributed by atoms with Crippen LogP contribution in [0.15, 0.2) is 29.1 Å². The molecule has 0 amide bonds. The molecule has 0 radical (unpaired) electrons. The van der Waals surface area contributed by atoms with Crippen molar-refractivity contribution >= 4 is 0 Å². The minimum atomic E-state index is -0.420. The van der Waals surface area contributed by atoms with Crippen LogP contribution in [0.4, 0.5) is 4.39 Å². The maximum Gasteiger partial charge on any atom is 0.266 e. The molecule has 0 atom stereocenters. The third-order valence-electron chi connectivity index (χ3n) is 4.02. The van der Waals surface area contributed by atoms with E-state index in [1.165, 1.54) is 6.07 Å². The summed E-state index contributed by atoms with van der Waals surface area (Å²) in [5.74, 6) is -0.397. The smallest absolute Gasteiger partial charge is 0.266 e. The Bertz CT molecular complexity index is 786. The summed E-state index contributed by atoms with van der Waals surface area (Å²) in [6.07, 6.45) is 4.62. The van der Waals surface area contributed by atoms with Gasteiger partial charge in [-0.2, -0.15) is 5.26 Å². The zero-order valence-corrected chi connectivity index (χ0v) is 11.6. The molecule has 0 saturated carbocycles. The van der Waals surface area contributed by atoms with Crippen LogP contribution in [0, 0.1) is 17.1 Å². The van der Waals surface area contributed by atoms with Crippen molar-refractivity contribution in [3.8, 4) is 17.2 Å². The number of fused-ring (bicyclic) bond motifs is 1. The Morgan fingerprint density at radius 2 is 1.90 bits per heavy atom. The average molecular weight is 282 g/mol. The molecule has 0 bridgehead atoms. The summed E-state index contributed by atoms with van der Waals surface area (Å²) in [5, 5.41) is 9.33. The van der Waals surface area contributed by atoms with E-state index < -0.39 is 11.4 Å². The van der Waals surface area contributed by atoms with Gasteiger partial charge in [0.05, 0.1) is 0 Å². The van der Waals surface area contributed by atoms with E-state index in [4.69, 9.17) is 0 Å². The highest BCUT2D eigenvalue weighted by atomic mass is 19.1. The molecule has 1 heterocycles. The first-order chi connectivity index (χ1) is 10.2. The van der Waals surface area contributed by atoms with Gasteiger partial charge in [0.2, 0.25) is 0 Å². The van der Waals surface area contributed by atoms with Crippen LogP contribution in [0.25, 0.3) is 11.1 Å². The third-order valence-corrected chi connectivity index (χ3v) is 4.02. The second kappa shape index (κ2) is 5.53. The van der Waals surface area contributed by atoms with E-state index in [1.54, 1.807) is 18.2 Å². The molecule has 21 heavy (non-hydrogen) atoms. The summed E-state index contributed by atoms with van der Waals surface area (Å²) >= 11 is 0. The van der Waals surface area contributed by atoms with Gasteiger partial charge in [-0.3, -0.25) is 4.79 Å². The number of hydrogen-bond donors (Lipinski definition) is 1. The number of aromatic amines is 1. The van der Waals surface area contributed by atoms with E-state index in [0.29, 0.717) is 11.1 Å². The standard InChI is InChI=1S/C17H15FN2O/c18-14-8-5-4-6-11(14)16-12-7-2-1-3-9-15(12)20-17(21)13(16)10-19/h4-6,8H,1-3,7,9H2,(H,20,21). The minimum absolute atomic E-state index is 0.0146. The number of aromatic nitrogens is 1. The number of nitrogens with one attached hydrogen (secondary N) is 1. The van der Waals surface area contributed by atoms with E-state index in [1.807, 2.05) is 6.07 Å². The van der Waals surface area contributed by atoms with Crippen molar-refractivity contribution in [2.45, 2.75) is 32.1 Å². The SMILES string of the molecule is N#Cc1c(-c2ccccc2F)c2c([nH]c1=O)CCCCC2. The van der Waals surface area contributed by atoms with Gasteiger partial charge in [0.25, 0.3) is 5.56 Å². The topological polar surface area (TPSA) is 56.6 Å². The van der Waals surface area contributed by atoms with E-state index >= 15 is 0 Å². The van der Waals surface area contributed by atoms with Gasteiger partial charge in [0, 0.05) is 16.8 Å². The van der Waals surface area contributed by atoms with Crippen molar-refractivity contribution in [2.75, 3.05) is 0 Å². The number of benzene rings is 1. The maximum absolute atomic E-state index is 14.2. The lowest BCUT2D eigenvalue weighted by molar-refractivity contribution is 0.631. The van der Waals surface area contributed by atoms with Gasteiger partial charge >= 0.3 is 0 Å². The average Bonchev–Trinajstić information content (AvgIpc) is 2.71. The second-order valence-electron chi connectivity index (χ2n) is 5.31. The molecule has 1 aliphatic rings. The summed E-state index contributed by atoms with van der Waals surface area (Å²) in [7, 11) is 0. The van der Waals surface area contributed by atoms with Crippen LogP contribution in [0.1, 0.15) is 36.1 Å². The number of pyridine rings is 1. The predicted octanol–water partition coefficient (Wildman–Crippen LogP) is 3.32. The molecule has 3 nitrogen and oxygen atoms in total. The van der Waals surface area contributed by atoms with Crippen LogP contribution in [-0.2, 0) is 12.8 Å². The Kier molecular flexibility index (Phi) is 3.57. The Hall–Kier alpha value is -2.41. The second-order valence-corrected chi connectivity index (χ2v) is 5.31. The van der Waals surface area contributed by atoms with E-state index in [9.17, 15) is 14.4 Å². The number of nitrogens with zero attached hydrogens (tertiary/aromatic N) is 1. The Morgan fingerprint density at radius 1 is 1.14 bits per heavy atom. The van der Waals surface area contributed by atoms with E-state index in [2.05, 4.69) is 4.98 Å². The molecular weight excluding hydrogens is 267 g/mol. The van der Waals surface area contributed by atoms with Crippen molar-refractivity contribution in [3.63, 3.8) is 0 Å². The molecule has 1 aromatic carbocycles. The van der Waals surface area contributed by atoms with Crippen LogP contribution in [-0.4, -0.2) is 4.98 Å². The van der Waals surface area contributed by atoms with E-state index in [-0.39, 0.29) is 5.56 Å². The van der Waals surface area contributed by atoms with Crippen molar-refractivity contribution in [2.24, 2.45) is 0 Å². The van der Waals surface area contributed by atoms with Crippen LogP contribution in [0.5, 0.6) is 0 Å². The first kappa shape index (κ1) is 13.6. The summed E-state index contributed by atoms with van der Waals surface area (Å²) in [4.78, 5) is 15.0. The number of halogens is 1. The van der Waals surface area contributed by atoms with Gasteiger partial charge < -0.3 is 4.98 Å². The summed E-state index contributed by atoms with van der Waals surface area (Å²) in [5.41, 5.74) is 2.20. The highest BCUT2D eigenvalue weighted by Crippen LogP contribution is 2.32. The predicted molar refractivity (Wildman–Crippen MR) is 78.4 cm³/mol. The van der Waals surface area contributed by atoms with Gasteiger partial charge in [-0.1, -0.05) is 24.6 Å². The Balaban J connectivity index is 2.37. The highest BCUT2D eigenvalue weighted by Gasteiger charge is 2.21. The van der Waals surface area contributed by atoms with Crippen molar-refractivity contribution < 1.29 is 4.39 Å². The normalized spacial score (nSPS) is 14.1. The number of rotatable bonds is 1. The van der Waals surface area contributed by atoms with E-state index in [0.717, 1.165) is 43.4 Å². The van der Waals surface area contributed by atoms with Crippen molar-refractivity contribution in [1.29, 1.82) is 5.26 Å². The maximum atomic E-state index is 14.2. The van der Waals surface area contributed by atoms with Crippen molar-refractivity contribution in [1.82, 2.24) is 4.98 Å². The molecule has 0 spiro atoms. The highest BCUT2D eigenvalue weighted by molar-refractivity contribution is 5.74. The summed E-state index contributed by atoms with van der Waals surface area (Å²) < 4.78 is 14.2. The lowest BCUT2D eigenvalue weighted by Crippen LogP contribution is -2.17. The van der Waals surface area contributed by atoms with Crippen molar-refractivity contribution in [3.05, 3.63) is 57.3 Å². The molecule has 2 aromatic rings. The molecule has 1 aliphatic carbocycles. The number of H-pyrrole nitrogens is 1. The molecule has 0 saturated heterocycles. The molecule has 4 heteroatoms. The first-order valence-corrected chi connectivity index (χ1v) is 7.15. The monoisotopic (exact) mass is 282 g/mol. The quantitative estimate of drug-likeness (QED) is 0.816. The molecular formula is C17H15FN2O. The zero-order valence-electron chi connectivity index (χ0n) is 11.6. The van der Waals surface area contributed by atoms with Gasteiger partial charge in [-0.25, -0.2) is 4.39 Å². The van der Waals surface area contributed by atoms with Crippen LogP contribution in [0.3, 0.4) is 0 Å². The largest absolute Gasteiger partial charge is 0.325 e. The zero-order chi connectivity index (χ0) is 14.8. The molecule has 0 unspecified atom stereocenters. The molecule has 3 rings (SSSR count). The lowest BCUT2D eigenvalue weighted by atomic mass is 9.92. The fourth-order valence-electron chi connectivity index (χ4n) is 3.03. The third kappa shape index (κ3) is 2.36.